The van der Waals surface area contributed by atoms with Gasteiger partial charge in [-0.15, -0.1) is 0 Å². The molecule has 0 aliphatic rings. The van der Waals surface area contributed by atoms with Crippen molar-refractivity contribution in [1.82, 2.24) is 14.8 Å². The van der Waals surface area contributed by atoms with Gasteiger partial charge in [-0.1, -0.05) is 24.8 Å². The van der Waals surface area contributed by atoms with Crippen LogP contribution >= 0.6 is 0 Å². The lowest BCUT2D eigenvalue weighted by molar-refractivity contribution is -0.137. The van der Waals surface area contributed by atoms with E-state index in [0.717, 1.165) is 16.5 Å². The lowest BCUT2D eigenvalue weighted by Gasteiger charge is -2.23. The Labute approximate surface area is 130 Å². The van der Waals surface area contributed by atoms with E-state index in [1.165, 1.54) is 11.0 Å². The number of nitrogens with zero attached hydrogens (tertiary/aromatic N) is 2. The fourth-order valence-corrected chi connectivity index (χ4v) is 2.38. The Morgan fingerprint density at radius 1 is 1.32 bits per heavy atom. The summed E-state index contributed by atoms with van der Waals surface area (Å²) in [6.07, 6.45) is 3.12. The van der Waals surface area contributed by atoms with Crippen LogP contribution in [0, 0.1) is 0 Å². The number of carbonyl (C=O) groups excluding carboxylic acids is 2. The van der Waals surface area contributed by atoms with Gasteiger partial charge in [-0.05, 0) is 30.0 Å². The van der Waals surface area contributed by atoms with Crippen LogP contribution in [0.1, 0.15) is 12.5 Å². The Bertz CT molecular complexity index is 690. The summed E-state index contributed by atoms with van der Waals surface area (Å²) in [5.41, 5.74) is 2.09. The molecule has 2 rings (SSSR count). The third-order valence-corrected chi connectivity index (χ3v) is 3.70. The van der Waals surface area contributed by atoms with Crippen LogP contribution in [0.15, 0.2) is 43.1 Å². The van der Waals surface area contributed by atoms with E-state index in [-0.39, 0.29) is 18.4 Å². The fourth-order valence-electron chi connectivity index (χ4n) is 2.38. The van der Waals surface area contributed by atoms with Crippen LogP contribution in [0.3, 0.4) is 0 Å². The molecule has 0 radical (unpaired) electrons. The lowest BCUT2D eigenvalue weighted by Crippen LogP contribution is -2.40. The monoisotopic (exact) mass is 299 g/mol. The van der Waals surface area contributed by atoms with Crippen molar-refractivity contribution >= 4 is 22.7 Å². The minimum atomic E-state index is -0.226. The molecule has 0 saturated carbocycles. The topological polar surface area (TPSA) is 56.4 Å². The van der Waals surface area contributed by atoms with E-state index in [1.807, 2.05) is 37.4 Å². The van der Waals surface area contributed by atoms with Gasteiger partial charge < -0.3 is 14.8 Å². The van der Waals surface area contributed by atoms with E-state index in [9.17, 15) is 9.59 Å². The average molecular weight is 299 g/mol. The van der Waals surface area contributed by atoms with E-state index in [2.05, 4.69) is 11.6 Å². The highest BCUT2D eigenvalue weighted by molar-refractivity contribution is 5.91. The zero-order chi connectivity index (χ0) is 16.1. The summed E-state index contributed by atoms with van der Waals surface area (Å²) in [7, 11) is 1.75. The first-order valence-corrected chi connectivity index (χ1v) is 7.27. The van der Waals surface area contributed by atoms with Crippen molar-refractivity contribution in [2.24, 2.45) is 0 Å². The molecule has 0 fully saturated rings. The van der Waals surface area contributed by atoms with Gasteiger partial charge in [0.05, 0.1) is 12.1 Å². The molecule has 0 aliphatic heterocycles. The van der Waals surface area contributed by atoms with Crippen LogP contribution in [0.5, 0.6) is 0 Å². The number of amides is 2. The zero-order valence-electron chi connectivity index (χ0n) is 13.0. The SMILES string of the molecule is C=CC(=O)N(CC)CC(=O)N(C)Cc1cccc2cc[nH]c12. The van der Waals surface area contributed by atoms with Crippen molar-refractivity contribution in [2.75, 3.05) is 20.1 Å². The summed E-state index contributed by atoms with van der Waals surface area (Å²) in [5.74, 6) is -0.323. The number of likely N-dealkylation sites (N-methyl/N-ethyl adjacent to an activating group) is 2. The minimum Gasteiger partial charge on any atom is -0.361 e. The Kier molecular flexibility index (Phi) is 4.99. The Morgan fingerprint density at radius 3 is 2.77 bits per heavy atom. The van der Waals surface area contributed by atoms with Gasteiger partial charge in [-0.3, -0.25) is 9.59 Å². The first-order chi connectivity index (χ1) is 10.6. The predicted molar refractivity (Wildman–Crippen MR) is 87.2 cm³/mol. The van der Waals surface area contributed by atoms with Crippen LogP contribution in [0.25, 0.3) is 10.9 Å². The third kappa shape index (κ3) is 3.36. The van der Waals surface area contributed by atoms with Crippen LogP contribution in [-0.4, -0.2) is 46.7 Å². The molecule has 5 heteroatoms. The number of aromatic nitrogens is 1. The van der Waals surface area contributed by atoms with Gasteiger partial charge in [0, 0.05) is 26.3 Å². The van der Waals surface area contributed by atoms with E-state index in [1.54, 1.807) is 11.9 Å². The summed E-state index contributed by atoms with van der Waals surface area (Å²) in [6, 6.07) is 8.00. The molecule has 0 unspecified atom stereocenters. The second kappa shape index (κ2) is 6.93. The molecule has 2 aromatic rings. The molecular weight excluding hydrogens is 278 g/mol. The number of para-hydroxylation sites is 1. The third-order valence-electron chi connectivity index (χ3n) is 3.70. The molecule has 1 heterocycles. The summed E-state index contributed by atoms with van der Waals surface area (Å²) < 4.78 is 0. The Morgan fingerprint density at radius 2 is 2.09 bits per heavy atom. The number of fused-ring (bicyclic) bond motifs is 1. The van der Waals surface area contributed by atoms with E-state index in [4.69, 9.17) is 0 Å². The van der Waals surface area contributed by atoms with Crippen molar-refractivity contribution in [3.05, 3.63) is 48.7 Å². The molecule has 1 aromatic heterocycles. The highest BCUT2D eigenvalue weighted by Crippen LogP contribution is 2.18. The first kappa shape index (κ1) is 15.8. The number of benzene rings is 1. The molecule has 0 saturated heterocycles. The number of aromatic amines is 1. The van der Waals surface area contributed by atoms with Gasteiger partial charge in [0.2, 0.25) is 11.8 Å². The molecule has 1 N–H and O–H groups in total. The Balaban J connectivity index is 2.06. The van der Waals surface area contributed by atoms with Gasteiger partial charge in [0.25, 0.3) is 0 Å². The zero-order valence-corrected chi connectivity index (χ0v) is 13.0. The quantitative estimate of drug-likeness (QED) is 0.831. The van der Waals surface area contributed by atoms with Crippen molar-refractivity contribution in [3.8, 4) is 0 Å². The highest BCUT2D eigenvalue weighted by Gasteiger charge is 2.17. The maximum atomic E-state index is 12.3. The van der Waals surface area contributed by atoms with Gasteiger partial charge in [0.1, 0.15) is 0 Å². The molecule has 5 nitrogen and oxygen atoms in total. The molecule has 0 bridgehead atoms. The Hall–Kier alpha value is -2.56. The average Bonchev–Trinajstić information content (AvgIpc) is 3.01. The number of rotatable bonds is 6. The number of nitrogens with one attached hydrogen (secondary N) is 1. The van der Waals surface area contributed by atoms with Crippen LogP contribution in [0.2, 0.25) is 0 Å². The molecule has 0 aliphatic carbocycles. The number of carbonyl (C=O) groups is 2. The molecule has 0 atom stereocenters. The fraction of sp³-hybridized carbons (Fsp3) is 0.294. The molecule has 2 amide bonds. The van der Waals surface area contributed by atoms with E-state index >= 15 is 0 Å². The molecule has 116 valence electrons. The van der Waals surface area contributed by atoms with Gasteiger partial charge in [-0.25, -0.2) is 0 Å². The summed E-state index contributed by atoms with van der Waals surface area (Å²) >= 11 is 0. The maximum absolute atomic E-state index is 12.3. The van der Waals surface area contributed by atoms with E-state index < -0.39 is 0 Å². The molecule has 0 spiro atoms. The smallest absolute Gasteiger partial charge is 0.246 e. The number of hydrogen-bond acceptors (Lipinski definition) is 2. The van der Waals surface area contributed by atoms with Crippen LogP contribution < -0.4 is 0 Å². The summed E-state index contributed by atoms with van der Waals surface area (Å²) in [5, 5.41) is 1.12. The second-order valence-corrected chi connectivity index (χ2v) is 5.17. The summed E-state index contributed by atoms with van der Waals surface area (Å²) in [4.78, 5) is 30.2. The maximum Gasteiger partial charge on any atom is 0.246 e. The number of H-pyrrole nitrogens is 1. The molecule has 22 heavy (non-hydrogen) atoms. The van der Waals surface area contributed by atoms with Crippen molar-refractivity contribution < 1.29 is 9.59 Å². The minimum absolute atomic E-state index is 0.0680. The highest BCUT2D eigenvalue weighted by atomic mass is 16.2. The largest absolute Gasteiger partial charge is 0.361 e. The van der Waals surface area contributed by atoms with Crippen molar-refractivity contribution in [1.29, 1.82) is 0 Å². The standard InChI is InChI=1S/C17H21N3O2/c1-4-15(21)20(5-2)12-16(22)19(3)11-14-8-6-7-13-9-10-18-17(13)14/h4,6-10,18H,1,5,11-12H2,2-3H3. The van der Waals surface area contributed by atoms with Gasteiger partial charge >= 0.3 is 0 Å². The molecular formula is C17H21N3O2. The van der Waals surface area contributed by atoms with Crippen molar-refractivity contribution in [2.45, 2.75) is 13.5 Å². The second-order valence-electron chi connectivity index (χ2n) is 5.17. The van der Waals surface area contributed by atoms with Gasteiger partial charge in [0.15, 0.2) is 0 Å². The van der Waals surface area contributed by atoms with Crippen LogP contribution in [-0.2, 0) is 16.1 Å². The van der Waals surface area contributed by atoms with E-state index in [0.29, 0.717) is 13.1 Å². The normalized spacial score (nSPS) is 10.5. The lowest BCUT2D eigenvalue weighted by atomic mass is 10.1. The summed E-state index contributed by atoms with van der Waals surface area (Å²) in [6.45, 7) is 6.35. The number of hydrogen-bond donors (Lipinski definition) is 1. The predicted octanol–water partition coefficient (Wildman–Crippen LogP) is 2.16. The van der Waals surface area contributed by atoms with Crippen LogP contribution in [0.4, 0.5) is 0 Å². The molecule has 1 aromatic carbocycles. The first-order valence-electron chi connectivity index (χ1n) is 7.27. The van der Waals surface area contributed by atoms with Gasteiger partial charge in [-0.2, -0.15) is 0 Å². The van der Waals surface area contributed by atoms with Crippen molar-refractivity contribution in [3.63, 3.8) is 0 Å².